The lowest BCUT2D eigenvalue weighted by Gasteiger charge is -2.26. The summed E-state index contributed by atoms with van der Waals surface area (Å²) in [4.78, 5) is 2.35. The predicted octanol–water partition coefficient (Wildman–Crippen LogP) is 14.8. The summed E-state index contributed by atoms with van der Waals surface area (Å²) in [6.07, 6.45) is 0. The number of hydrogen-bond acceptors (Lipinski definition) is 2. The first-order chi connectivity index (χ1) is 25.7. The molecule has 0 aliphatic heterocycles. The van der Waals surface area contributed by atoms with Crippen LogP contribution < -0.4 is 4.90 Å². The van der Waals surface area contributed by atoms with E-state index < -0.39 is 0 Å². The summed E-state index contributed by atoms with van der Waals surface area (Å²) >= 11 is 1.87. The number of anilines is 3. The van der Waals surface area contributed by atoms with E-state index in [-0.39, 0.29) is 0 Å². The average molecular weight is 680 g/mol. The number of thiophene rings is 1. The van der Waals surface area contributed by atoms with Crippen LogP contribution in [-0.4, -0.2) is 0 Å². The molecule has 0 saturated heterocycles. The van der Waals surface area contributed by atoms with Crippen LogP contribution >= 0.6 is 11.3 Å². The fraction of sp³-hybridized carbons (Fsp3) is 0. The molecule has 0 unspecified atom stereocenters. The van der Waals surface area contributed by atoms with Gasteiger partial charge in [0.1, 0.15) is 0 Å². The predicted molar refractivity (Wildman–Crippen MR) is 225 cm³/mol. The molecule has 10 rings (SSSR count). The molecule has 0 aliphatic rings. The molecule has 0 atom stereocenters. The Morgan fingerprint density at radius 1 is 0.269 bits per heavy atom. The Morgan fingerprint density at radius 3 is 1.40 bits per heavy atom. The number of benzene rings is 9. The molecule has 0 N–H and O–H groups in total. The van der Waals surface area contributed by atoms with Crippen LogP contribution in [0.4, 0.5) is 17.1 Å². The van der Waals surface area contributed by atoms with E-state index in [1.807, 2.05) is 11.3 Å². The van der Waals surface area contributed by atoms with Crippen LogP contribution in [0.2, 0.25) is 0 Å². The molecule has 52 heavy (non-hydrogen) atoms. The van der Waals surface area contributed by atoms with E-state index in [9.17, 15) is 0 Å². The lowest BCUT2D eigenvalue weighted by atomic mass is 9.96. The second kappa shape index (κ2) is 12.7. The standard InChI is InChI=1S/C50H33NS/c1-3-9-34(10-4-1)36-15-16-38-30-39(18-17-37(38)29-36)40-19-20-42-32-46(27-23-41(42)31-40)51(44-11-5-2-6-12-44)45-25-21-35(22-26-45)43-24-28-48-47-13-7-8-14-49(47)52-50(48)33-43/h1-33H. The first kappa shape index (κ1) is 30.4. The highest BCUT2D eigenvalue weighted by Crippen LogP contribution is 2.40. The van der Waals surface area contributed by atoms with Crippen LogP contribution in [0.15, 0.2) is 200 Å². The van der Waals surface area contributed by atoms with Gasteiger partial charge in [-0.15, -0.1) is 11.3 Å². The van der Waals surface area contributed by atoms with Gasteiger partial charge < -0.3 is 4.90 Å². The minimum Gasteiger partial charge on any atom is -0.310 e. The highest BCUT2D eigenvalue weighted by Gasteiger charge is 2.14. The molecule has 244 valence electrons. The molecule has 1 nitrogen and oxygen atoms in total. The van der Waals surface area contributed by atoms with Crippen molar-refractivity contribution in [1.29, 1.82) is 0 Å². The Labute approximate surface area is 307 Å². The second-order valence-corrected chi connectivity index (χ2v) is 14.5. The summed E-state index contributed by atoms with van der Waals surface area (Å²) in [5, 5.41) is 7.60. The van der Waals surface area contributed by atoms with Crippen molar-refractivity contribution in [2.24, 2.45) is 0 Å². The lowest BCUT2D eigenvalue weighted by molar-refractivity contribution is 1.29. The Kier molecular flexibility index (Phi) is 7.41. The first-order valence-electron chi connectivity index (χ1n) is 17.7. The van der Waals surface area contributed by atoms with Crippen molar-refractivity contribution in [1.82, 2.24) is 0 Å². The normalized spacial score (nSPS) is 11.5. The van der Waals surface area contributed by atoms with Crippen molar-refractivity contribution < 1.29 is 0 Å². The van der Waals surface area contributed by atoms with Gasteiger partial charge in [0.25, 0.3) is 0 Å². The maximum Gasteiger partial charge on any atom is 0.0468 e. The van der Waals surface area contributed by atoms with Crippen LogP contribution in [0, 0.1) is 0 Å². The zero-order valence-electron chi connectivity index (χ0n) is 28.4. The van der Waals surface area contributed by atoms with Gasteiger partial charge in [0.05, 0.1) is 0 Å². The van der Waals surface area contributed by atoms with E-state index in [2.05, 4.69) is 205 Å². The molecule has 0 aliphatic carbocycles. The first-order valence-corrected chi connectivity index (χ1v) is 18.6. The van der Waals surface area contributed by atoms with Crippen molar-refractivity contribution in [2.75, 3.05) is 4.90 Å². The van der Waals surface area contributed by atoms with E-state index in [0.717, 1.165) is 17.1 Å². The summed E-state index contributed by atoms with van der Waals surface area (Å²) in [7, 11) is 0. The third kappa shape index (κ3) is 5.51. The molecular weight excluding hydrogens is 647 g/mol. The maximum absolute atomic E-state index is 2.35. The zero-order valence-corrected chi connectivity index (χ0v) is 29.2. The largest absolute Gasteiger partial charge is 0.310 e. The van der Waals surface area contributed by atoms with Gasteiger partial charge in [-0.2, -0.15) is 0 Å². The van der Waals surface area contributed by atoms with Crippen molar-refractivity contribution in [2.45, 2.75) is 0 Å². The van der Waals surface area contributed by atoms with Crippen LogP contribution in [0.1, 0.15) is 0 Å². The molecule has 1 heterocycles. The van der Waals surface area contributed by atoms with Crippen molar-refractivity contribution in [3.05, 3.63) is 200 Å². The number of para-hydroxylation sites is 1. The molecule has 2 heteroatoms. The van der Waals surface area contributed by atoms with Crippen LogP contribution in [0.3, 0.4) is 0 Å². The monoisotopic (exact) mass is 679 g/mol. The summed E-state index contributed by atoms with van der Waals surface area (Å²) in [6, 6.07) is 72.9. The third-order valence-electron chi connectivity index (χ3n) is 10.2. The SMILES string of the molecule is c1ccc(-c2ccc3cc(-c4ccc5cc(N(c6ccccc6)c6ccc(-c7ccc8c(c7)sc7ccccc78)cc6)ccc5c4)ccc3c2)cc1. The van der Waals surface area contributed by atoms with E-state index in [1.165, 1.54) is 75.1 Å². The topological polar surface area (TPSA) is 3.24 Å². The fourth-order valence-corrected chi connectivity index (χ4v) is 8.67. The van der Waals surface area contributed by atoms with Gasteiger partial charge in [-0.05, 0) is 122 Å². The fourth-order valence-electron chi connectivity index (χ4n) is 7.52. The number of hydrogen-bond donors (Lipinski definition) is 0. The molecular formula is C50H33NS. The maximum atomic E-state index is 2.35. The molecule has 10 aromatic rings. The molecule has 1 aromatic heterocycles. The van der Waals surface area contributed by atoms with Gasteiger partial charge in [0, 0.05) is 37.2 Å². The minimum atomic E-state index is 1.13. The Balaban J connectivity index is 0.968. The van der Waals surface area contributed by atoms with Gasteiger partial charge >= 0.3 is 0 Å². The minimum absolute atomic E-state index is 1.13. The summed E-state index contributed by atoms with van der Waals surface area (Å²) in [5.41, 5.74) is 10.8. The molecule has 0 bridgehead atoms. The smallest absolute Gasteiger partial charge is 0.0468 e. The molecule has 0 radical (unpaired) electrons. The Morgan fingerprint density at radius 2 is 0.712 bits per heavy atom. The van der Waals surface area contributed by atoms with Crippen LogP contribution in [0.5, 0.6) is 0 Å². The van der Waals surface area contributed by atoms with Gasteiger partial charge in [0.2, 0.25) is 0 Å². The van der Waals surface area contributed by atoms with E-state index in [1.54, 1.807) is 0 Å². The van der Waals surface area contributed by atoms with Gasteiger partial charge in [-0.25, -0.2) is 0 Å². The quantitative estimate of drug-likeness (QED) is 0.169. The summed E-state index contributed by atoms with van der Waals surface area (Å²) in [6.45, 7) is 0. The Bertz CT molecular complexity index is 2890. The van der Waals surface area contributed by atoms with E-state index >= 15 is 0 Å². The van der Waals surface area contributed by atoms with E-state index in [4.69, 9.17) is 0 Å². The van der Waals surface area contributed by atoms with Crippen LogP contribution in [0.25, 0.3) is 75.1 Å². The summed E-state index contributed by atoms with van der Waals surface area (Å²) < 4.78 is 2.66. The van der Waals surface area contributed by atoms with Gasteiger partial charge in [-0.3, -0.25) is 0 Å². The lowest BCUT2D eigenvalue weighted by Crippen LogP contribution is -2.09. The molecule has 0 spiro atoms. The molecule has 9 aromatic carbocycles. The number of nitrogens with zero attached hydrogens (tertiary/aromatic N) is 1. The van der Waals surface area contributed by atoms with Crippen molar-refractivity contribution in [3.63, 3.8) is 0 Å². The van der Waals surface area contributed by atoms with Crippen molar-refractivity contribution >= 4 is 70.1 Å². The zero-order chi connectivity index (χ0) is 34.4. The van der Waals surface area contributed by atoms with Crippen molar-refractivity contribution in [3.8, 4) is 33.4 Å². The van der Waals surface area contributed by atoms with Gasteiger partial charge in [-0.1, -0.05) is 133 Å². The molecule has 0 fully saturated rings. The van der Waals surface area contributed by atoms with Crippen LogP contribution in [-0.2, 0) is 0 Å². The van der Waals surface area contributed by atoms with E-state index in [0.29, 0.717) is 0 Å². The highest BCUT2D eigenvalue weighted by atomic mass is 32.1. The summed E-state index contributed by atoms with van der Waals surface area (Å²) in [5.74, 6) is 0. The number of rotatable bonds is 6. The molecule has 0 amide bonds. The number of fused-ring (bicyclic) bond motifs is 5. The Hall–Kier alpha value is -6.48. The molecule has 0 saturated carbocycles. The van der Waals surface area contributed by atoms with Gasteiger partial charge in [0.15, 0.2) is 0 Å². The second-order valence-electron chi connectivity index (χ2n) is 13.4. The highest BCUT2D eigenvalue weighted by molar-refractivity contribution is 7.25. The third-order valence-corrected chi connectivity index (χ3v) is 11.3. The average Bonchev–Trinajstić information content (AvgIpc) is 3.59.